The third-order valence-corrected chi connectivity index (χ3v) is 1.37. The van der Waals surface area contributed by atoms with Gasteiger partial charge in [0.2, 0.25) is 11.8 Å². The molecule has 9 heavy (non-hydrogen) atoms. The molecule has 0 aromatic rings. The van der Waals surface area contributed by atoms with Crippen molar-refractivity contribution >= 4 is 36.0 Å². The van der Waals surface area contributed by atoms with E-state index in [1.54, 1.807) is 0 Å². The molecule has 0 aliphatic carbocycles. The van der Waals surface area contributed by atoms with E-state index < -0.39 is 0 Å². The molecule has 0 bridgehead atoms. The Morgan fingerprint density at radius 3 is 1.67 bits per heavy atom. The molecule has 1 saturated heterocycles. The second-order valence-electron chi connectivity index (χ2n) is 1.57. The first-order chi connectivity index (χ1) is 3.72. The number of rotatable bonds is 0. The summed E-state index contributed by atoms with van der Waals surface area (Å²) in [5.41, 5.74) is 0. The summed E-state index contributed by atoms with van der Waals surface area (Å²) in [4.78, 5) is 20.7. The SMILES string of the molecule is Cl.O=C1CCC(=O)N1Cl. The van der Waals surface area contributed by atoms with Crippen molar-refractivity contribution in [3.05, 3.63) is 0 Å². The number of halogens is 2. The molecule has 1 heterocycles. The molecule has 0 spiro atoms. The Labute approximate surface area is 63.5 Å². The van der Waals surface area contributed by atoms with Crippen molar-refractivity contribution < 1.29 is 9.59 Å². The molecule has 0 aromatic heterocycles. The van der Waals surface area contributed by atoms with Crippen LogP contribution in [0.2, 0.25) is 0 Å². The Hall–Kier alpha value is -0.280. The summed E-state index contributed by atoms with van der Waals surface area (Å²) < 4.78 is 0.639. The van der Waals surface area contributed by atoms with Crippen molar-refractivity contribution in [2.75, 3.05) is 0 Å². The highest BCUT2D eigenvalue weighted by Crippen LogP contribution is 2.12. The summed E-state index contributed by atoms with van der Waals surface area (Å²) in [5, 5.41) is 0. The van der Waals surface area contributed by atoms with E-state index in [2.05, 4.69) is 0 Å². The van der Waals surface area contributed by atoms with Gasteiger partial charge in [0.25, 0.3) is 0 Å². The number of imide groups is 1. The van der Waals surface area contributed by atoms with Gasteiger partial charge < -0.3 is 0 Å². The number of nitrogens with zero attached hydrogens (tertiary/aromatic N) is 1. The van der Waals surface area contributed by atoms with Crippen molar-refractivity contribution in [2.45, 2.75) is 12.8 Å². The summed E-state index contributed by atoms with van der Waals surface area (Å²) >= 11 is 5.15. The molecule has 0 atom stereocenters. The van der Waals surface area contributed by atoms with Crippen LogP contribution in [0, 0.1) is 0 Å². The minimum atomic E-state index is -0.295. The van der Waals surface area contributed by atoms with Crippen LogP contribution >= 0.6 is 24.2 Å². The van der Waals surface area contributed by atoms with Crippen molar-refractivity contribution in [3.8, 4) is 0 Å². The average molecular weight is 170 g/mol. The number of carbonyl (C=O) groups is 2. The van der Waals surface area contributed by atoms with E-state index in [4.69, 9.17) is 11.8 Å². The maximum atomic E-state index is 10.4. The maximum absolute atomic E-state index is 10.4. The predicted octanol–water partition coefficient (Wildman–Crippen LogP) is 0.711. The largest absolute Gasteiger partial charge is 0.273 e. The molecule has 1 aliphatic rings. The normalized spacial score (nSPS) is 18.1. The van der Waals surface area contributed by atoms with Crippen LogP contribution < -0.4 is 0 Å². The molecule has 1 aliphatic heterocycles. The lowest BCUT2D eigenvalue weighted by Crippen LogP contribution is -2.16. The number of amides is 2. The minimum absolute atomic E-state index is 0. The van der Waals surface area contributed by atoms with E-state index in [0.717, 1.165) is 0 Å². The molecule has 0 aromatic carbocycles. The number of carbonyl (C=O) groups excluding carboxylic acids is 2. The molecule has 0 unspecified atom stereocenters. The molecule has 0 saturated carbocycles. The number of hydrogen-bond acceptors (Lipinski definition) is 2. The van der Waals surface area contributed by atoms with Crippen molar-refractivity contribution in [3.63, 3.8) is 0 Å². The van der Waals surface area contributed by atoms with Gasteiger partial charge in [0.1, 0.15) is 0 Å². The minimum Gasteiger partial charge on any atom is -0.273 e. The lowest BCUT2D eigenvalue weighted by molar-refractivity contribution is -0.132. The Bertz CT molecular complexity index is 132. The van der Waals surface area contributed by atoms with Gasteiger partial charge in [-0.25, -0.2) is 0 Å². The van der Waals surface area contributed by atoms with E-state index in [1.807, 2.05) is 0 Å². The van der Waals surface area contributed by atoms with Gasteiger partial charge in [-0.05, 0) is 0 Å². The molecule has 1 rings (SSSR count). The highest BCUT2D eigenvalue weighted by atomic mass is 35.5. The molecular formula is C4H5Cl2NO2. The van der Waals surface area contributed by atoms with E-state index >= 15 is 0 Å². The second kappa shape index (κ2) is 3.03. The molecule has 3 nitrogen and oxygen atoms in total. The summed E-state index contributed by atoms with van der Waals surface area (Å²) in [6, 6.07) is 0. The van der Waals surface area contributed by atoms with E-state index in [-0.39, 0.29) is 37.1 Å². The molecule has 52 valence electrons. The Kier molecular flexibility index (Phi) is 2.94. The smallest absolute Gasteiger partial charge is 0.244 e. The molecule has 0 N–H and O–H groups in total. The van der Waals surface area contributed by atoms with Crippen LogP contribution in [-0.2, 0) is 9.59 Å². The fourth-order valence-electron chi connectivity index (χ4n) is 0.549. The molecule has 0 radical (unpaired) electrons. The summed E-state index contributed by atoms with van der Waals surface area (Å²) in [7, 11) is 0. The van der Waals surface area contributed by atoms with Crippen LogP contribution in [0.25, 0.3) is 0 Å². The quantitative estimate of drug-likeness (QED) is 0.396. The van der Waals surface area contributed by atoms with Gasteiger partial charge >= 0.3 is 0 Å². The molecular weight excluding hydrogens is 165 g/mol. The first-order valence-electron chi connectivity index (χ1n) is 2.23. The van der Waals surface area contributed by atoms with Gasteiger partial charge in [-0.3, -0.25) is 9.59 Å². The fourth-order valence-corrected chi connectivity index (χ4v) is 0.718. The zero-order chi connectivity index (χ0) is 6.15. The van der Waals surface area contributed by atoms with Crippen LogP contribution in [0.1, 0.15) is 12.8 Å². The standard InChI is InChI=1S/C4H4ClNO2.ClH/c5-6-3(7)1-2-4(6)8;/h1-2H2;1H. The van der Waals surface area contributed by atoms with Crippen molar-refractivity contribution in [1.82, 2.24) is 4.42 Å². The first kappa shape index (κ1) is 8.72. The van der Waals surface area contributed by atoms with Crippen molar-refractivity contribution in [1.29, 1.82) is 0 Å². The Morgan fingerprint density at radius 1 is 1.22 bits per heavy atom. The van der Waals surface area contributed by atoms with E-state index in [0.29, 0.717) is 4.42 Å². The highest BCUT2D eigenvalue weighted by molar-refractivity contribution is 6.32. The van der Waals surface area contributed by atoms with Gasteiger partial charge in [-0.15, -0.1) is 12.4 Å². The average Bonchev–Trinajstić information content (AvgIpc) is 1.98. The third-order valence-electron chi connectivity index (χ3n) is 0.991. The molecule has 5 heteroatoms. The van der Waals surface area contributed by atoms with Gasteiger partial charge in [0, 0.05) is 24.6 Å². The van der Waals surface area contributed by atoms with Gasteiger partial charge in [-0.2, -0.15) is 4.42 Å². The second-order valence-corrected chi connectivity index (χ2v) is 1.91. The van der Waals surface area contributed by atoms with Gasteiger partial charge in [0.05, 0.1) is 0 Å². The van der Waals surface area contributed by atoms with Crippen LogP contribution in [0.5, 0.6) is 0 Å². The summed E-state index contributed by atoms with van der Waals surface area (Å²) in [6.45, 7) is 0. The maximum Gasteiger partial charge on any atom is 0.244 e. The van der Waals surface area contributed by atoms with E-state index in [9.17, 15) is 9.59 Å². The van der Waals surface area contributed by atoms with Crippen LogP contribution in [0.15, 0.2) is 0 Å². The first-order valence-corrected chi connectivity index (χ1v) is 2.57. The fraction of sp³-hybridized carbons (Fsp3) is 0.500. The lowest BCUT2D eigenvalue weighted by Gasteiger charge is -1.96. The lowest BCUT2D eigenvalue weighted by atomic mass is 10.4. The predicted molar refractivity (Wildman–Crippen MR) is 34.2 cm³/mol. The topological polar surface area (TPSA) is 37.4 Å². The van der Waals surface area contributed by atoms with Crippen LogP contribution in [-0.4, -0.2) is 16.2 Å². The zero-order valence-electron chi connectivity index (χ0n) is 4.46. The van der Waals surface area contributed by atoms with Gasteiger partial charge in [0.15, 0.2) is 0 Å². The van der Waals surface area contributed by atoms with Crippen LogP contribution in [0.3, 0.4) is 0 Å². The molecule has 2 amide bonds. The Balaban J connectivity index is 0.000000640. The Morgan fingerprint density at radius 2 is 1.56 bits per heavy atom. The molecule has 1 fully saturated rings. The van der Waals surface area contributed by atoms with Gasteiger partial charge in [-0.1, -0.05) is 0 Å². The highest BCUT2D eigenvalue weighted by Gasteiger charge is 2.26. The van der Waals surface area contributed by atoms with Crippen LogP contribution in [0.4, 0.5) is 0 Å². The summed E-state index contributed by atoms with van der Waals surface area (Å²) in [5.74, 6) is -0.590. The summed E-state index contributed by atoms with van der Waals surface area (Å²) in [6.07, 6.45) is 0.532. The third kappa shape index (κ3) is 1.56. The zero-order valence-corrected chi connectivity index (χ0v) is 6.04. The van der Waals surface area contributed by atoms with Crippen molar-refractivity contribution in [2.24, 2.45) is 0 Å². The number of hydrogen-bond donors (Lipinski definition) is 0. The van der Waals surface area contributed by atoms with E-state index in [1.165, 1.54) is 0 Å². The monoisotopic (exact) mass is 169 g/mol.